The van der Waals surface area contributed by atoms with Crippen LogP contribution in [-0.2, 0) is 16.6 Å². The van der Waals surface area contributed by atoms with Crippen molar-refractivity contribution in [2.75, 3.05) is 26.2 Å². The van der Waals surface area contributed by atoms with Gasteiger partial charge in [-0.15, -0.1) is 0 Å². The van der Waals surface area contributed by atoms with Crippen molar-refractivity contribution in [3.05, 3.63) is 47.3 Å². The molecule has 0 amide bonds. The minimum Gasteiger partial charge on any atom is -0.360 e. The van der Waals surface area contributed by atoms with E-state index < -0.39 is 10.0 Å². The second kappa shape index (κ2) is 6.43. The Morgan fingerprint density at radius 2 is 1.74 bits per heavy atom. The molecule has 23 heavy (non-hydrogen) atoms. The van der Waals surface area contributed by atoms with E-state index in [2.05, 4.69) is 10.1 Å². The maximum Gasteiger partial charge on any atom is 0.243 e. The van der Waals surface area contributed by atoms with Crippen LogP contribution in [0.15, 0.2) is 39.8 Å². The van der Waals surface area contributed by atoms with E-state index in [4.69, 9.17) is 4.52 Å². The molecule has 0 spiro atoms. The molecule has 0 unspecified atom stereocenters. The van der Waals surface area contributed by atoms with Gasteiger partial charge >= 0.3 is 0 Å². The second-order valence-electron chi connectivity index (χ2n) is 5.93. The highest BCUT2D eigenvalue weighted by atomic mass is 32.2. The van der Waals surface area contributed by atoms with Crippen molar-refractivity contribution >= 4 is 10.0 Å². The van der Waals surface area contributed by atoms with Crippen LogP contribution in [-0.4, -0.2) is 49.0 Å². The predicted molar refractivity (Wildman–Crippen MR) is 86.5 cm³/mol. The summed E-state index contributed by atoms with van der Waals surface area (Å²) in [5, 5.41) is 3.88. The largest absolute Gasteiger partial charge is 0.360 e. The fourth-order valence-electron chi connectivity index (χ4n) is 2.70. The zero-order valence-electron chi connectivity index (χ0n) is 13.4. The molecule has 0 atom stereocenters. The molecular formula is C16H21N3O3S. The second-order valence-corrected chi connectivity index (χ2v) is 7.87. The van der Waals surface area contributed by atoms with Gasteiger partial charge in [-0.1, -0.05) is 22.9 Å². The van der Waals surface area contributed by atoms with E-state index in [1.807, 2.05) is 32.0 Å². The van der Waals surface area contributed by atoms with Crippen molar-refractivity contribution in [2.45, 2.75) is 25.3 Å². The summed E-state index contributed by atoms with van der Waals surface area (Å²) >= 11 is 0. The van der Waals surface area contributed by atoms with Gasteiger partial charge in [-0.25, -0.2) is 8.42 Å². The quantitative estimate of drug-likeness (QED) is 0.852. The smallest absolute Gasteiger partial charge is 0.243 e. The Morgan fingerprint density at radius 3 is 2.30 bits per heavy atom. The van der Waals surface area contributed by atoms with Gasteiger partial charge in [0.1, 0.15) is 0 Å². The van der Waals surface area contributed by atoms with Crippen LogP contribution in [0.1, 0.15) is 17.0 Å². The maximum absolute atomic E-state index is 12.6. The first kappa shape index (κ1) is 16.2. The third-order valence-electron chi connectivity index (χ3n) is 4.05. The first-order valence-corrected chi connectivity index (χ1v) is 9.10. The van der Waals surface area contributed by atoms with Crippen molar-refractivity contribution in [1.29, 1.82) is 0 Å². The minimum absolute atomic E-state index is 0.363. The molecule has 0 aliphatic carbocycles. The Balaban J connectivity index is 1.62. The molecular weight excluding hydrogens is 314 g/mol. The fraction of sp³-hybridized carbons (Fsp3) is 0.438. The molecule has 1 aliphatic rings. The summed E-state index contributed by atoms with van der Waals surface area (Å²) in [4.78, 5) is 2.55. The van der Waals surface area contributed by atoms with Gasteiger partial charge in [0.25, 0.3) is 0 Å². The zero-order chi connectivity index (χ0) is 16.4. The minimum atomic E-state index is -3.40. The summed E-state index contributed by atoms with van der Waals surface area (Å²) in [7, 11) is -3.40. The van der Waals surface area contributed by atoms with Gasteiger partial charge in [0, 0.05) is 32.2 Å². The highest BCUT2D eigenvalue weighted by Crippen LogP contribution is 2.19. The Kier molecular flexibility index (Phi) is 4.52. The first-order chi connectivity index (χ1) is 10.9. The van der Waals surface area contributed by atoms with Crippen molar-refractivity contribution < 1.29 is 12.9 Å². The number of rotatable bonds is 4. The Morgan fingerprint density at radius 1 is 1.09 bits per heavy atom. The lowest BCUT2D eigenvalue weighted by Gasteiger charge is -2.33. The number of aromatic nitrogens is 1. The summed E-state index contributed by atoms with van der Waals surface area (Å²) in [5.74, 6) is 0.817. The molecule has 6 nitrogen and oxygen atoms in total. The third kappa shape index (κ3) is 3.63. The molecule has 0 saturated carbocycles. The maximum atomic E-state index is 12.6. The average Bonchev–Trinajstić information content (AvgIpc) is 2.93. The number of piperazine rings is 1. The van der Waals surface area contributed by atoms with Crippen LogP contribution in [0.4, 0.5) is 0 Å². The summed E-state index contributed by atoms with van der Waals surface area (Å²) in [6, 6.07) is 8.92. The summed E-state index contributed by atoms with van der Waals surface area (Å²) in [5.41, 5.74) is 1.91. The first-order valence-electron chi connectivity index (χ1n) is 7.66. The average molecular weight is 335 g/mol. The molecule has 124 valence electrons. The van der Waals surface area contributed by atoms with E-state index in [9.17, 15) is 8.42 Å². The highest BCUT2D eigenvalue weighted by molar-refractivity contribution is 7.89. The van der Waals surface area contributed by atoms with Crippen molar-refractivity contribution in [3.63, 3.8) is 0 Å². The Bertz CT molecular complexity index is 760. The van der Waals surface area contributed by atoms with Crippen LogP contribution < -0.4 is 0 Å². The van der Waals surface area contributed by atoms with Crippen molar-refractivity contribution in [1.82, 2.24) is 14.4 Å². The number of nitrogens with zero attached hydrogens (tertiary/aromatic N) is 3. The fourth-order valence-corrected chi connectivity index (χ4v) is 4.12. The van der Waals surface area contributed by atoms with Crippen LogP contribution in [0.3, 0.4) is 0 Å². The molecule has 0 N–H and O–H groups in total. The number of hydrogen-bond donors (Lipinski definition) is 0. The molecule has 1 aromatic heterocycles. The van der Waals surface area contributed by atoms with Gasteiger partial charge in [0.2, 0.25) is 10.0 Å². The molecule has 3 rings (SSSR count). The molecule has 1 aromatic carbocycles. The topological polar surface area (TPSA) is 66.7 Å². The van der Waals surface area contributed by atoms with Crippen LogP contribution in [0, 0.1) is 13.8 Å². The van der Waals surface area contributed by atoms with Gasteiger partial charge in [-0.2, -0.15) is 4.31 Å². The number of hydrogen-bond acceptors (Lipinski definition) is 5. The summed E-state index contributed by atoms with van der Waals surface area (Å²) in [6.45, 7) is 6.85. The SMILES string of the molecule is Cc1ccc(S(=O)(=O)N2CCN(Cc3cc(C)no3)CC2)cc1. The molecule has 0 radical (unpaired) electrons. The standard InChI is InChI=1S/C16H21N3O3S/c1-13-3-5-16(6-4-13)23(20,21)19-9-7-18(8-10-19)12-15-11-14(2)17-22-15/h3-6,11H,7-10,12H2,1-2H3. The molecule has 7 heteroatoms. The van der Waals surface area contributed by atoms with Gasteiger partial charge in [0.15, 0.2) is 5.76 Å². The molecule has 1 fully saturated rings. The number of aryl methyl sites for hydroxylation is 2. The Hall–Kier alpha value is -1.70. The van der Waals surface area contributed by atoms with Gasteiger partial charge in [-0.3, -0.25) is 4.90 Å². The molecule has 1 aliphatic heterocycles. The van der Waals surface area contributed by atoms with Crippen LogP contribution in [0.2, 0.25) is 0 Å². The lowest BCUT2D eigenvalue weighted by Crippen LogP contribution is -2.48. The highest BCUT2D eigenvalue weighted by Gasteiger charge is 2.28. The molecule has 0 bridgehead atoms. The van der Waals surface area contributed by atoms with E-state index in [0.717, 1.165) is 17.0 Å². The predicted octanol–water partition coefficient (Wildman–Crippen LogP) is 1.80. The lowest BCUT2D eigenvalue weighted by molar-refractivity contribution is 0.166. The monoisotopic (exact) mass is 335 g/mol. The van der Waals surface area contributed by atoms with E-state index in [1.54, 1.807) is 16.4 Å². The third-order valence-corrected chi connectivity index (χ3v) is 5.96. The van der Waals surface area contributed by atoms with Crippen molar-refractivity contribution in [2.24, 2.45) is 0 Å². The van der Waals surface area contributed by atoms with Gasteiger partial charge in [0.05, 0.1) is 17.1 Å². The van der Waals surface area contributed by atoms with E-state index >= 15 is 0 Å². The Labute approximate surface area is 136 Å². The van der Waals surface area contributed by atoms with Crippen LogP contribution in [0.25, 0.3) is 0 Å². The zero-order valence-corrected chi connectivity index (χ0v) is 14.2. The lowest BCUT2D eigenvalue weighted by atomic mass is 10.2. The molecule has 2 aromatic rings. The molecule has 2 heterocycles. The van der Waals surface area contributed by atoms with E-state index in [1.165, 1.54) is 0 Å². The summed E-state index contributed by atoms with van der Waals surface area (Å²) in [6.07, 6.45) is 0. The van der Waals surface area contributed by atoms with Gasteiger partial charge < -0.3 is 4.52 Å². The van der Waals surface area contributed by atoms with Crippen LogP contribution in [0.5, 0.6) is 0 Å². The van der Waals surface area contributed by atoms with Crippen molar-refractivity contribution in [3.8, 4) is 0 Å². The normalized spacial score (nSPS) is 17.5. The molecule has 1 saturated heterocycles. The van der Waals surface area contributed by atoms with E-state index in [0.29, 0.717) is 37.6 Å². The summed E-state index contributed by atoms with van der Waals surface area (Å²) < 4.78 is 32.1. The number of benzene rings is 1. The van der Waals surface area contributed by atoms with Crippen LogP contribution >= 0.6 is 0 Å². The van der Waals surface area contributed by atoms with E-state index in [-0.39, 0.29) is 0 Å². The number of sulfonamides is 1. The van der Waals surface area contributed by atoms with Gasteiger partial charge in [-0.05, 0) is 26.0 Å².